The molecule has 0 saturated heterocycles. The lowest BCUT2D eigenvalue weighted by molar-refractivity contribution is 0.309. The van der Waals surface area contributed by atoms with Crippen LogP contribution in [0, 0.1) is 17.2 Å². The van der Waals surface area contributed by atoms with Gasteiger partial charge >= 0.3 is 0 Å². The van der Waals surface area contributed by atoms with E-state index >= 15 is 0 Å². The molecule has 0 aliphatic heterocycles. The van der Waals surface area contributed by atoms with E-state index in [1.165, 1.54) is 18.9 Å². The average Bonchev–Trinajstić information content (AvgIpc) is 2.78. The third kappa shape index (κ3) is 2.02. The minimum absolute atomic E-state index is 0.0851. The molecule has 0 spiro atoms. The largest absolute Gasteiger partial charge is 0.504 e. The number of halogens is 3. The predicted octanol–water partition coefficient (Wildman–Crippen LogP) is 5.37. The standard InChI is InChI=1S/C15H15BrClFO/c1-15-4-2-3-9(15)13(10(16)7-15)8-5-11(17)14(19)12(18)6-8/h5-7,9,13,19H,2-4H2,1H3. The minimum atomic E-state index is -0.644. The van der Waals surface area contributed by atoms with Crippen molar-refractivity contribution in [2.75, 3.05) is 0 Å². The SMILES string of the molecule is CC12C=C(Br)C(c3cc(F)c(O)c(Cl)c3)C1CCC2. The molecule has 2 aliphatic carbocycles. The zero-order valence-electron chi connectivity index (χ0n) is 10.6. The maximum Gasteiger partial charge on any atom is 0.170 e. The molecule has 1 fully saturated rings. The van der Waals surface area contributed by atoms with Crippen LogP contribution in [0.5, 0.6) is 5.75 Å². The first-order valence-corrected chi connectivity index (χ1v) is 7.65. The van der Waals surface area contributed by atoms with Gasteiger partial charge < -0.3 is 5.11 Å². The molecule has 4 heteroatoms. The predicted molar refractivity (Wildman–Crippen MR) is 78.3 cm³/mol. The summed E-state index contributed by atoms with van der Waals surface area (Å²) in [5.41, 5.74) is 1.05. The van der Waals surface area contributed by atoms with Gasteiger partial charge in [0, 0.05) is 5.92 Å². The number of allylic oxidation sites excluding steroid dienone is 2. The van der Waals surface area contributed by atoms with E-state index in [2.05, 4.69) is 28.9 Å². The highest BCUT2D eigenvalue weighted by Crippen LogP contribution is 2.60. The zero-order chi connectivity index (χ0) is 13.8. The highest BCUT2D eigenvalue weighted by atomic mass is 79.9. The summed E-state index contributed by atoms with van der Waals surface area (Å²) in [6.45, 7) is 2.27. The van der Waals surface area contributed by atoms with Gasteiger partial charge in [-0.3, -0.25) is 0 Å². The fraction of sp³-hybridized carbons (Fsp3) is 0.467. The van der Waals surface area contributed by atoms with Gasteiger partial charge in [-0.05, 0) is 46.4 Å². The molecule has 102 valence electrons. The molecule has 0 amide bonds. The molecule has 0 aromatic heterocycles. The lowest BCUT2D eigenvalue weighted by Crippen LogP contribution is -2.19. The number of benzene rings is 1. The monoisotopic (exact) mass is 344 g/mol. The van der Waals surface area contributed by atoms with Crippen LogP contribution in [0.4, 0.5) is 4.39 Å². The molecule has 1 aromatic rings. The number of hydrogen-bond donors (Lipinski definition) is 1. The third-order valence-corrected chi connectivity index (χ3v) is 5.65. The van der Waals surface area contributed by atoms with Gasteiger partial charge in [-0.2, -0.15) is 0 Å². The van der Waals surface area contributed by atoms with Crippen molar-refractivity contribution in [3.63, 3.8) is 0 Å². The van der Waals surface area contributed by atoms with Crippen LogP contribution in [-0.4, -0.2) is 5.11 Å². The van der Waals surface area contributed by atoms with E-state index in [1.54, 1.807) is 6.07 Å². The molecular formula is C15H15BrClFO. The lowest BCUT2D eigenvalue weighted by Gasteiger charge is -2.27. The van der Waals surface area contributed by atoms with Gasteiger partial charge in [-0.15, -0.1) is 0 Å². The first-order chi connectivity index (χ1) is 8.92. The highest BCUT2D eigenvalue weighted by Gasteiger charge is 2.48. The molecule has 1 aromatic carbocycles. The third-order valence-electron chi connectivity index (χ3n) is 4.64. The summed E-state index contributed by atoms with van der Waals surface area (Å²) < 4.78 is 14.8. The Morgan fingerprint density at radius 1 is 1.47 bits per heavy atom. The topological polar surface area (TPSA) is 20.2 Å². The van der Waals surface area contributed by atoms with Crippen molar-refractivity contribution in [3.05, 3.63) is 39.1 Å². The van der Waals surface area contributed by atoms with E-state index in [1.807, 2.05) is 0 Å². The maximum atomic E-state index is 13.7. The van der Waals surface area contributed by atoms with Gasteiger partial charge in [-0.25, -0.2) is 4.39 Å². The van der Waals surface area contributed by atoms with E-state index in [9.17, 15) is 9.50 Å². The fourth-order valence-corrected chi connectivity index (χ4v) is 5.02. The van der Waals surface area contributed by atoms with Gasteiger partial charge in [0.25, 0.3) is 0 Å². The Balaban J connectivity index is 2.06. The first kappa shape index (κ1) is 13.4. The van der Waals surface area contributed by atoms with Gasteiger partial charge in [0.15, 0.2) is 11.6 Å². The summed E-state index contributed by atoms with van der Waals surface area (Å²) >= 11 is 9.53. The van der Waals surface area contributed by atoms with Crippen molar-refractivity contribution in [1.82, 2.24) is 0 Å². The lowest BCUT2D eigenvalue weighted by atomic mass is 9.77. The molecule has 1 nitrogen and oxygen atoms in total. The van der Waals surface area contributed by atoms with E-state index in [0.29, 0.717) is 5.92 Å². The Morgan fingerprint density at radius 3 is 2.89 bits per heavy atom. The fourth-order valence-electron chi connectivity index (χ4n) is 3.70. The number of fused-ring (bicyclic) bond motifs is 1. The molecule has 0 heterocycles. The van der Waals surface area contributed by atoms with E-state index in [0.717, 1.165) is 16.5 Å². The Labute approximate surface area is 125 Å². The second kappa shape index (κ2) is 4.49. The Bertz CT molecular complexity index is 548. The quantitative estimate of drug-likeness (QED) is 0.725. The van der Waals surface area contributed by atoms with Crippen molar-refractivity contribution in [1.29, 1.82) is 0 Å². The summed E-state index contributed by atoms with van der Waals surface area (Å²) in [6.07, 6.45) is 5.81. The minimum Gasteiger partial charge on any atom is -0.504 e. The van der Waals surface area contributed by atoms with Crippen LogP contribution in [-0.2, 0) is 0 Å². The second-order valence-corrected chi connectivity index (χ2v) is 7.17. The summed E-state index contributed by atoms with van der Waals surface area (Å²) in [7, 11) is 0. The van der Waals surface area contributed by atoms with Crippen LogP contribution in [0.15, 0.2) is 22.7 Å². The van der Waals surface area contributed by atoms with E-state index in [4.69, 9.17) is 11.6 Å². The van der Waals surface area contributed by atoms with E-state index < -0.39 is 11.6 Å². The number of aromatic hydroxyl groups is 1. The zero-order valence-corrected chi connectivity index (χ0v) is 12.9. The number of phenols is 1. The van der Waals surface area contributed by atoms with Crippen LogP contribution in [0.2, 0.25) is 5.02 Å². The van der Waals surface area contributed by atoms with Crippen molar-refractivity contribution in [2.45, 2.75) is 32.1 Å². The van der Waals surface area contributed by atoms with Gasteiger partial charge in [0.05, 0.1) is 5.02 Å². The van der Waals surface area contributed by atoms with Crippen molar-refractivity contribution in [3.8, 4) is 5.75 Å². The number of hydrogen-bond acceptors (Lipinski definition) is 1. The van der Waals surface area contributed by atoms with Crippen LogP contribution < -0.4 is 0 Å². The number of rotatable bonds is 1. The van der Waals surface area contributed by atoms with Crippen LogP contribution >= 0.6 is 27.5 Å². The molecule has 3 atom stereocenters. The van der Waals surface area contributed by atoms with Crippen molar-refractivity contribution in [2.24, 2.45) is 11.3 Å². The van der Waals surface area contributed by atoms with Gasteiger partial charge in [0.1, 0.15) is 0 Å². The van der Waals surface area contributed by atoms with Gasteiger partial charge in [-0.1, -0.05) is 47.0 Å². The molecule has 1 saturated carbocycles. The number of phenolic OH excluding ortho intramolecular Hbond substituents is 1. The Kier molecular flexibility index (Phi) is 3.18. The molecule has 3 rings (SSSR count). The first-order valence-electron chi connectivity index (χ1n) is 6.48. The summed E-state index contributed by atoms with van der Waals surface area (Å²) in [5, 5.41) is 9.53. The van der Waals surface area contributed by atoms with Crippen molar-refractivity contribution < 1.29 is 9.50 Å². The molecule has 3 unspecified atom stereocenters. The van der Waals surface area contributed by atoms with Crippen LogP contribution in [0.25, 0.3) is 0 Å². The molecular weight excluding hydrogens is 331 g/mol. The second-order valence-electron chi connectivity index (χ2n) is 5.84. The smallest absolute Gasteiger partial charge is 0.170 e. The Morgan fingerprint density at radius 2 is 2.21 bits per heavy atom. The summed E-state index contributed by atoms with van der Waals surface area (Å²) in [5.74, 6) is -0.464. The van der Waals surface area contributed by atoms with Crippen LogP contribution in [0.3, 0.4) is 0 Å². The van der Waals surface area contributed by atoms with Crippen molar-refractivity contribution >= 4 is 27.5 Å². The Hall–Kier alpha value is -0.540. The van der Waals surface area contributed by atoms with Gasteiger partial charge in [0.2, 0.25) is 0 Å². The molecule has 19 heavy (non-hydrogen) atoms. The summed E-state index contributed by atoms with van der Waals surface area (Å²) in [6, 6.07) is 3.09. The normalized spacial score (nSPS) is 33.4. The maximum absolute atomic E-state index is 13.7. The highest BCUT2D eigenvalue weighted by molar-refractivity contribution is 9.11. The molecule has 0 bridgehead atoms. The summed E-state index contributed by atoms with van der Waals surface area (Å²) in [4.78, 5) is 0. The average molecular weight is 346 g/mol. The molecule has 0 radical (unpaired) electrons. The molecule has 1 N–H and O–H groups in total. The van der Waals surface area contributed by atoms with E-state index in [-0.39, 0.29) is 16.4 Å². The van der Waals surface area contributed by atoms with Crippen LogP contribution in [0.1, 0.15) is 37.7 Å². The molecule has 2 aliphatic rings.